The average Bonchev–Trinajstić information content (AvgIpc) is 2.82. The van der Waals surface area contributed by atoms with Crippen LogP contribution in [-0.4, -0.2) is 0 Å². The van der Waals surface area contributed by atoms with Crippen molar-refractivity contribution in [1.29, 1.82) is 0 Å². The lowest BCUT2D eigenvalue weighted by Gasteiger charge is -2.42. The molecular formula is C30H31F5. The van der Waals surface area contributed by atoms with Gasteiger partial charge in [-0.05, 0) is 111 Å². The van der Waals surface area contributed by atoms with E-state index in [9.17, 15) is 22.0 Å². The summed E-state index contributed by atoms with van der Waals surface area (Å²) in [6, 6.07) is 7.57. The minimum Gasteiger partial charge on any atom is -0.206 e. The van der Waals surface area contributed by atoms with E-state index < -0.39 is 23.4 Å². The Kier molecular flexibility index (Phi) is 7.99. The maximum absolute atomic E-state index is 14.8. The van der Waals surface area contributed by atoms with E-state index in [4.69, 9.17) is 0 Å². The fourth-order valence-corrected chi connectivity index (χ4v) is 5.90. The molecule has 35 heavy (non-hydrogen) atoms. The Labute approximate surface area is 204 Å². The Bertz CT molecular complexity index is 1120. The predicted octanol–water partition coefficient (Wildman–Crippen LogP) is 9.04. The van der Waals surface area contributed by atoms with Crippen molar-refractivity contribution in [2.24, 2.45) is 17.8 Å². The van der Waals surface area contributed by atoms with Gasteiger partial charge in [0.1, 0.15) is 11.6 Å². The van der Waals surface area contributed by atoms with E-state index in [0.717, 1.165) is 42.4 Å². The number of benzene rings is 2. The monoisotopic (exact) mass is 486 g/mol. The van der Waals surface area contributed by atoms with Gasteiger partial charge < -0.3 is 0 Å². The summed E-state index contributed by atoms with van der Waals surface area (Å²) in [7, 11) is 0. The van der Waals surface area contributed by atoms with E-state index in [-0.39, 0.29) is 11.1 Å². The molecule has 4 atom stereocenters. The number of hydrogen-bond acceptors (Lipinski definition) is 0. The Morgan fingerprint density at radius 3 is 2.37 bits per heavy atom. The smallest absolute Gasteiger partial charge is 0.206 e. The molecular weight excluding hydrogens is 455 g/mol. The fraction of sp³-hybridized carbons (Fsp3) is 0.467. The van der Waals surface area contributed by atoms with Crippen LogP contribution in [0.2, 0.25) is 0 Å². The second kappa shape index (κ2) is 11.0. The zero-order valence-corrected chi connectivity index (χ0v) is 20.0. The van der Waals surface area contributed by atoms with E-state index in [1.165, 1.54) is 38.5 Å². The van der Waals surface area contributed by atoms with Crippen molar-refractivity contribution in [3.63, 3.8) is 0 Å². The molecule has 0 aromatic heterocycles. The van der Waals surface area contributed by atoms with Crippen molar-refractivity contribution >= 4 is 0 Å². The first-order chi connectivity index (χ1) is 16.7. The van der Waals surface area contributed by atoms with Crippen LogP contribution in [0.1, 0.15) is 86.5 Å². The van der Waals surface area contributed by atoms with E-state index in [1.807, 2.05) is 6.07 Å². The molecule has 0 N–H and O–H groups in total. The molecule has 0 bridgehead atoms. The van der Waals surface area contributed by atoms with Crippen molar-refractivity contribution in [2.45, 2.75) is 70.4 Å². The van der Waals surface area contributed by atoms with Crippen molar-refractivity contribution in [3.05, 3.63) is 82.4 Å². The van der Waals surface area contributed by atoms with E-state index in [0.29, 0.717) is 17.9 Å². The highest BCUT2D eigenvalue weighted by molar-refractivity contribution is 5.45. The highest BCUT2D eigenvalue weighted by Crippen LogP contribution is 2.48. The molecule has 2 saturated carbocycles. The van der Waals surface area contributed by atoms with Gasteiger partial charge in [0.25, 0.3) is 0 Å². The molecule has 0 aliphatic heterocycles. The third kappa shape index (κ3) is 6.34. The van der Waals surface area contributed by atoms with Gasteiger partial charge in [0.15, 0.2) is 0 Å². The van der Waals surface area contributed by atoms with Gasteiger partial charge in [-0.2, -0.15) is 13.2 Å². The number of alkyl halides is 3. The summed E-state index contributed by atoms with van der Waals surface area (Å²) in [5.74, 6) is 6.06. The van der Waals surface area contributed by atoms with Gasteiger partial charge in [0, 0.05) is 5.56 Å². The predicted molar refractivity (Wildman–Crippen MR) is 129 cm³/mol. The SMILES string of the molecule is C/C=C/CCC1CCC2CC(c3ccc(C#Cc4ccc(C(F)(F)F)c(F)c4)c(F)c3)CCC2C1. The summed E-state index contributed by atoms with van der Waals surface area (Å²) in [4.78, 5) is 0. The molecule has 0 amide bonds. The van der Waals surface area contributed by atoms with Crippen molar-refractivity contribution in [2.75, 3.05) is 0 Å². The van der Waals surface area contributed by atoms with Crippen LogP contribution in [0, 0.1) is 41.2 Å². The van der Waals surface area contributed by atoms with E-state index >= 15 is 0 Å². The summed E-state index contributed by atoms with van der Waals surface area (Å²) in [6.45, 7) is 2.07. The lowest BCUT2D eigenvalue weighted by atomic mass is 9.63. The Hall–Kier alpha value is -2.61. The van der Waals surface area contributed by atoms with Crippen LogP contribution in [0.15, 0.2) is 48.6 Å². The largest absolute Gasteiger partial charge is 0.419 e. The molecule has 0 nitrogen and oxygen atoms in total. The molecule has 0 spiro atoms. The maximum Gasteiger partial charge on any atom is 0.419 e. The molecule has 4 unspecified atom stereocenters. The summed E-state index contributed by atoms with van der Waals surface area (Å²) in [6.07, 6.45) is 9.31. The Morgan fingerprint density at radius 1 is 0.886 bits per heavy atom. The van der Waals surface area contributed by atoms with Crippen LogP contribution in [0.5, 0.6) is 0 Å². The first-order valence-corrected chi connectivity index (χ1v) is 12.5. The van der Waals surface area contributed by atoms with E-state index in [1.54, 1.807) is 12.1 Å². The van der Waals surface area contributed by atoms with E-state index in [2.05, 4.69) is 30.9 Å². The normalized spacial score (nSPS) is 24.6. The maximum atomic E-state index is 14.8. The lowest BCUT2D eigenvalue weighted by molar-refractivity contribution is -0.140. The highest BCUT2D eigenvalue weighted by Gasteiger charge is 2.36. The summed E-state index contributed by atoms with van der Waals surface area (Å²) < 4.78 is 66.7. The molecule has 186 valence electrons. The Balaban J connectivity index is 1.39. The molecule has 4 rings (SSSR count). The quantitative estimate of drug-likeness (QED) is 0.230. The summed E-state index contributed by atoms with van der Waals surface area (Å²) in [5.41, 5.74) is -0.124. The standard InChI is InChI=1S/C30H31F5/c1-2-3-4-5-20-7-10-24-18-25(14-13-23(24)16-20)26-12-11-22(28(31)19-26)9-6-21-8-15-27(29(32)17-21)30(33,34)35/h2-3,8,11-12,15,17,19-20,23-25H,4-5,7,10,13-14,16,18H2,1H3/b3-2+. The molecule has 2 aliphatic carbocycles. The van der Waals surface area contributed by atoms with Crippen LogP contribution in [0.25, 0.3) is 0 Å². The lowest BCUT2D eigenvalue weighted by Crippen LogP contribution is -2.30. The van der Waals surface area contributed by atoms with Crippen LogP contribution in [0.4, 0.5) is 22.0 Å². The number of halogens is 5. The highest BCUT2D eigenvalue weighted by atomic mass is 19.4. The topological polar surface area (TPSA) is 0 Å². The molecule has 0 heterocycles. The van der Waals surface area contributed by atoms with Gasteiger partial charge in [-0.3, -0.25) is 0 Å². The summed E-state index contributed by atoms with van der Waals surface area (Å²) >= 11 is 0. The van der Waals surface area contributed by atoms with Gasteiger partial charge in [-0.15, -0.1) is 0 Å². The molecule has 5 heteroatoms. The minimum absolute atomic E-state index is 0.0682. The zero-order chi connectivity index (χ0) is 25.0. The van der Waals surface area contributed by atoms with Crippen LogP contribution < -0.4 is 0 Å². The molecule has 2 aromatic rings. The van der Waals surface area contributed by atoms with Crippen LogP contribution in [-0.2, 0) is 6.18 Å². The molecule has 2 fully saturated rings. The Morgan fingerprint density at radius 2 is 1.66 bits per heavy atom. The number of allylic oxidation sites excluding steroid dienone is 2. The minimum atomic E-state index is -4.76. The summed E-state index contributed by atoms with van der Waals surface area (Å²) in [5, 5.41) is 0. The first-order valence-electron chi connectivity index (χ1n) is 12.5. The first kappa shape index (κ1) is 25.5. The average molecular weight is 487 g/mol. The van der Waals surface area contributed by atoms with Crippen molar-refractivity contribution in [3.8, 4) is 11.8 Å². The third-order valence-electron chi connectivity index (χ3n) is 7.78. The van der Waals surface area contributed by atoms with Gasteiger partial charge in [-0.1, -0.05) is 36.5 Å². The van der Waals surface area contributed by atoms with Crippen molar-refractivity contribution < 1.29 is 22.0 Å². The zero-order valence-electron chi connectivity index (χ0n) is 20.0. The van der Waals surface area contributed by atoms with Gasteiger partial charge in [0.2, 0.25) is 0 Å². The molecule has 2 aromatic carbocycles. The molecule has 0 saturated heterocycles. The van der Waals surface area contributed by atoms with Gasteiger partial charge in [-0.25, -0.2) is 8.78 Å². The number of fused-ring (bicyclic) bond motifs is 1. The molecule has 2 aliphatic rings. The second-order valence-electron chi connectivity index (χ2n) is 10.0. The third-order valence-corrected chi connectivity index (χ3v) is 7.78. The second-order valence-corrected chi connectivity index (χ2v) is 10.0. The van der Waals surface area contributed by atoms with Gasteiger partial charge in [0.05, 0.1) is 11.1 Å². The van der Waals surface area contributed by atoms with Crippen LogP contribution >= 0.6 is 0 Å². The van der Waals surface area contributed by atoms with Crippen molar-refractivity contribution in [1.82, 2.24) is 0 Å². The molecule has 0 radical (unpaired) electrons. The number of hydrogen-bond donors (Lipinski definition) is 0. The fourth-order valence-electron chi connectivity index (χ4n) is 5.90. The van der Waals surface area contributed by atoms with Crippen LogP contribution in [0.3, 0.4) is 0 Å². The van der Waals surface area contributed by atoms with Gasteiger partial charge >= 0.3 is 6.18 Å². The number of rotatable bonds is 4.